The Morgan fingerprint density at radius 2 is 2.20 bits per heavy atom. The number of hydrogen-bond acceptors (Lipinski definition) is 3. The van der Waals surface area contributed by atoms with E-state index in [2.05, 4.69) is 24.6 Å². The molecule has 0 aliphatic carbocycles. The molecule has 0 saturated heterocycles. The van der Waals surface area contributed by atoms with Gasteiger partial charge in [-0.1, -0.05) is 31.2 Å². The van der Waals surface area contributed by atoms with Crippen molar-refractivity contribution in [1.29, 1.82) is 0 Å². The fraction of sp³-hybridized carbons (Fsp3) is 0.462. The summed E-state index contributed by atoms with van der Waals surface area (Å²) in [4.78, 5) is 4.33. The topological polar surface area (TPSA) is 47.3 Å². The zero-order valence-corrected chi connectivity index (χ0v) is 13.9. The third-order valence-corrected chi connectivity index (χ3v) is 5.24. The van der Waals surface area contributed by atoms with E-state index in [1.165, 1.54) is 0 Å². The average molecular weight is 311 g/mol. The van der Waals surface area contributed by atoms with Crippen molar-refractivity contribution in [1.82, 2.24) is 9.55 Å². The van der Waals surface area contributed by atoms with Crippen LogP contribution >= 0.6 is 11.6 Å². The van der Waals surface area contributed by atoms with E-state index < -0.39 is 8.07 Å². The van der Waals surface area contributed by atoms with Crippen molar-refractivity contribution in [2.24, 2.45) is 0 Å². The Morgan fingerprint density at radius 3 is 2.85 bits per heavy atom. The molecule has 0 atom stereocenters. The van der Waals surface area contributed by atoms with Gasteiger partial charge in [-0.25, -0.2) is 4.98 Å². The predicted octanol–water partition coefficient (Wildman–Crippen LogP) is 1.97. The van der Waals surface area contributed by atoms with Crippen LogP contribution in [0.2, 0.25) is 30.7 Å². The number of aromatic nitrogens is 2. The summed E-state index contributed by atoms with van der Waals surface area (Å²) < 4.78 is 7.63. The lowest BCUT2D eigenvalue weighted by Crippen LogP contribution is -2.26. The van der Waals surface area contributed by atoms with Crippen LogP contribution in [0.4, 0.5) is 0 Å². The van der Waals surface area contributed by atoms with Gasteiger partial charge in [0.25, 0.3) is 0 Å². The molecule has 1 N–H and O–H groups in total. The van der Waals surface area contributed by atoms with E-state index in [0.717, 1.165) is 29.3 Å². The molecule has 4 nitrogen and oxygen atoms in total. The number of pyridine rings is 1. The molecule has 2 aromatic rings. The van der Waals surface area contributed by atoms with E-state index in [1.54, 1.807) is 12.3 Å². The molecule has 0 aliphatic heterocycles. The summed E-state index contributed by atoms with van der Waals surface area (Å²) in [5.74, 6) is 0. The van der Waals surface area contributed by atoms with Gasteiger partial charge < -0.3 is 14.3 Å². The third kappa shape index (κ3) is 3.63. The first-order chi connectivity index (χ1) is 9.42. The molecule has 20 heavy (non-hydrogen) atoms. The minimum atomic E-state index is -1.08. The Kier molecular flexibility index (Phi) is 4.91. The van der Waals surface area contributed by atoms with Crippen molar-refractivity contribution in [3.8, 4) is 0 Å². The van der Waals surface area contributed by atoms with Gasteiger partial charge in [0.1, 0.15) is 12.4 Å². The Labute approximate surface area is 126 Å². The summed E-state index contributed by atoms with van der Waals surface area (Å²) in [6, 6.07) is 4.74. The number of hydrogen-bond donors (Lipinski definition) is 1. The summed E-state index contributed by atoms with van der Waals surface area (Å²) in [6.07, 6.45) is 1.67. The standard InChI is InChI=1S/C13H20BClN2O2Si/c1-20(2,3)7-6-19-9-17-12(14-18)8-10-11(15)4-5-16-13(10)17/h4-5,8,14,18H,6-7,9H2,1-3H3. The highest BCUT2D eigenvalue weighted by atomic mass is 35.5. The van der Waals surface area contributed by atoms with Crippen LogP contribution in [0.25, 0.3) is 11.0 Å². The average Bonchev–Trinajstić information content (AvgIpc) is 2.73. The highest BCUT2D eigenvalue weighted by molar-refractivity contribution is 6.76. The molecule has 0 saturated carbocycles. The van der Waals surface area contributed by atoms with Crippen molar-refractivity contribution < 1.29 is 9.76 Å². The van der Waals surface area contributed by atoms with E-state index in [4.69, 9.17) is 16.3 Å². The number of rotatable bonds is 6. The molecule has 2 heterocycles. The minimum Gasteiger partial charge on any atom is -0.448 e. The summed E-state index contributed by atoms with van der Waals surface area (Å²) in [5.41, 5.74) is 1.53. The maximum Gasteiger partial charge on any atom is 0.322 e. The summed E-state index contributed by atoms with van der Waals surface area (Å²) in [7, 11) is -1.14. The van der Waals surface area contributed by atoms with Crippen LogP contribution in [0.1, 0.15) is 0 Å². The van der Waals surface area contributed by atoms with Crippen LogP contribution in [0.3, 0.4) is 0 Å². The molecular weight excluding hydrogens is 291 g/mol. The number of halogens is 1. The van der Waals surface area contributed by atoms with Gasteiger partial charge in [0.15, 0.2) is 0 Å². The Bertz CT molecular complexity index is 598. The number of ether oxygens (including phenoxy) is 1. The Morgan fingerprint density at radius 1 is 1.45 bits per heavy atom. The smallest absolute Gasteiger partial charge is 0.322 e. The summed E-state index contributed by atoms with van der Waals surface area (Å²) in [6.45, 7) is 8.10. The van der Waals surface area contributed by atoms with Crippen LogP contribution in [0.15, 0.2) is 18.3 Å². The molecule has 0 unspecified atom stereocenters. The zero-order valence-electron chi connectivity index (χ0n) is 12.2. The van der Waals surface area contributed by atoms with E-state index in [-0.39, 0.29) is 7.48 Å². The molecule has 2 aromatic heterocycles. The van der Waals surface area contributed by atoms with Gasteiger partial charge in [-0.05, 0) is 18.2 Å². The second kappa shape index (κ2) is 6.30. The van der Waals surface area contributed by atoms with Crippen molar-refractivity contribution in [3.63, 3.8) is 0 Å². The number of fused-ring (bicyclic) bond motifs is 1. The Balaban J connectivity index is 2.14. The van der Waals surface area contributed by atoms with Crippen LogP contribution in [-0.2, 0) is 11.5 Å². The molecule has 108 valence electrons. The second-order valence-electron chi connectivity index (χ2n) is 6.10. The van der Waals surface area contributed by atoms with Crippen molar-refractivity contribution in [2.45, 2.75) is 32.4 Å². The molecule has 0 amide bonds. The van der Waals surface area contributed by atoms with Crippen molar-refractivity contribution in [3.05, 3.63) is 23.4 Å². The van der Waals surface area contributed by atoms with E-state index >= 15 is 0 Å². The molecule has 0 bridgehead atoms. The van der Waals surface area contributed by atoms with Crippen LogP contribution in [-0.4, -0.2) is 36.7 Å². The lowest BCUT2D eigenvalue weighted by Gasteiger charge is -2.16. The molecule has 0 aliphatic rings. The van der Waals surface area contributed by atoms with Crippen molar-refractivity contribution in [2.75, 3.05) is 6.61 Å². The lowest BCUT2D eigenvalue weighted by atomic mass is 9.96. The summed E-state index contributed by atoms with van der Waals surface area (Å²) in [5, 5.41) is 11.0. The van der Waals surface area contributed by atoms with Crippen LogP contribution in [0.5, 0.6) is 0 Å². The first-order valence-electron chi connectivity index (χ1n) is 6.73. The first-order valence-corrected chi connectivity index (χ1v) is 10.8. The quantitative estimate of drug-likeness (QED) is 0.655. The van der Waals surface area contributed by atoms with E-state index in [9.17, 15) is 5.02 Å². The maximum absolute atomic E-state index is 9.46. The fourth-order valence-corrected chi connectivity index (χ4v) is 2.93. The maximum atomic E-state index is 9.46. The fourth-order valence-electron chi connectivity index (χ4n) is 1.98. The molecule has 2 rings (SSSR count). The molecule has 7 heteroatoms. The highest BCUT2D eigenvalue weighted by Crippen LogP contribution is 2.21. The van der Waals surface area contributed by atoms with Crippen molar-refractivity contribution >= 4 is 43.8 Å². The van der Waals surface area contributed by atoms with Crippen LogP contribution in [0, 0.1) is 0 Å². The second-order valence-corrected chi connectivity index (χ2v) is 12.1. The van der Waals surface area contributed by atoms with Gasteiger partial charge in [-0.3, -0.25) is 0 Å². The summed E-state index contributed by atoms with van der Waals surface area (Å²) >= 11 is 6.15. The lowest BCUT2D eigenvalue weighted by molar-refractivity contribution is 0.0916. The third-order valence-electron chi connectivity index (χ3n) is 3.21. The SMILES string of the molecule is C[Si](C)(C)CCOCn1c(BO)cc2c(Cl)ccnc21. The van der Waals surface area contributed by atoms with Crippen LogP contribution < -0.4 is 5.59 Å². The monoisotopic (exact) mass is 310 g/mol. The highest BCUT2D eigenvalue weighted by Gasteiger charge is 2.14. The first kappa shape index (κ1) is 15.6. The van der Waals surface area contributed by atoms with Gasteiger partial charge in [-0.15, -0.1) is 0 Å². The van der Waals surface area contributed by atoms with E-state index in [0.29, 0.717) is 11.8 Å². The largest absolute Gasteiger partial charge is 0.448 e. The normalized spacial score (nSPS) is 12.1. The zero-order chi connectivity index (χ0) is 14.8. The molecular formula is C13H20BClN2O2Si. The van der Waals surface area contributed by atoms with Gasteiger partial charge in [0.05, 0.1) is 5.02 Å². The van der Waals surface area contributed by atoms with Gasteiger partial charge in [0, 0.05) is 31.9 Å². The van der Waals surface area contributed by atoms with Gasteiger partial charge >= 0.3 is 7.48 Å². The molecule has 0 spiro atoms. The van der Waals surface area contributed by atoms with Gasteiger partial charge in [0.2, 0.25) is 0 Å². The molecule has 0 fully saturated rings. The van der Waals surface area contributed by atoms with E-state index in [1.807, 2.05) is 10.6 Å². The molecule has 0 aromatic carbocycles. The Hall–Kier alpha value is -0.818. The molecule has 0 radical (unpaired) electrons. The number of nitrogens with zero attached hydrogens (tertiary/aromatic N) is 2. The predicted molar refractivity (Wildman–Crippen MR) is 87.8 cm³/mol. The van der Waals surface area contributed by atoms with Gasteiger partial charge in [-0.2, -0.15) is 0 Å². The minimum absolute atomic E-state index is 0.0515.